The lowest BCUT2D eigenvalue weighted by Crippen LogP contribution is -2.44. The number of fused-ring (bicyclic) bond motifs is 9. The fourth-order valence-electron chi connectivity index (χ4n) is 9.45. The van der Waals surface area contributed by atoms with Gasteiger partial charge in [-0.25, -0.2) is 15.0 Å². The smallest absolute Gasteiger partial charge is 0.231 e. The van der Waals surface area contributed by atoms with Crippen molar-refractivity contribution in [2.45, 2.75) is 77.0 Å². The van der Waals surface area contributed by atoms with Crippen LogP contribution in [0, 0.1) is 17.8 Å². The van der Waals surface area contributed by atoms with Crippen LogP contribution in [0.1, 0.15) is 93.7 Å². The normalized spacial score (nSPS) is 26.6. The average molecular weight is 976 g/mol. The molecule has 0 radical (unpaired) electrons. The van der Waals surface area contributed by atoms with E-state index in [-0.39, 0.29) is 53.2 Å². The molecule has 15 heteroatoms. The predicted octanol–water partition coefficient (Wildman–Crippen LogP) is 8.16. The first kappa shape index (κ1) is 42.3. The van der Waals surface area contributed by atoms with Gasteiger partial charge in [0, 0.05) is 143 Å². The average Bonchev–Trinajstić information content (AvgIpc) is 3.73. The number of carbonyl (C=O) groups is 3. The van der Waals surface area contributed by atoms with Crippen LogP contribution in [0.4, 0.5) is 17.5 Å². The molecule has 0 aliphatic carbocycles. The molecule has 306 valence electrons. The first-order valence-corrected chi connectivity index (χ1v) is 22.7. The number of nitrogens with zero attached hydrogens (tertiary/aromatic N) is 6. The van der Waals surface area contributed by atoms with Gasteiger partial charge in [-0.2, -0.15) is 0 Å². The molecule has 6 aliphatic rings. The summed E-state index contributed by atoms with van der Waals surface area (Å²) in [4.78, 5) is 56.7. The van der Waals surface area contributed by atoms with Gasteiger partial charge in [-0.05, 0) is 125 Å². The lowest BCUT2D eigenvalue weighted by atomic mass is 9.79. The van der Waals surface area contributed by atoms with Gasteiger partial charge in [0.1, 0.15) is 17.5 Å². The molecule has 57 heavy (non-hydrogen) atoms. The molecule has 12 nitrogen and oxygen atoms in total. The molecular formula is C42H51Br3N6O6. The molecule has 9 rings (SSSR count). The highest BCUT2D eigenvalue weighted by molar-refractivity contribution is 9.11. The Labute approximate surface area is 360 Å². The number of hydrogen-bond acceptors (Lipinski definition) is 9. The standard InChI is InChI=1S/3C14H17BrN2O2/c3*1-2-17-13-12(7-9(15)8-16-13)10-3-5-19-6-4-11(10)14(17)18/h3*7-8,10-11H,2-6H2,1H3/t10-,11-;;/m0../s1. The van der Waals surface area contributed by atoms with Gasteiger partial charge in [-0.3, -0.25) is 29.1 Å². The Hall–Kier alpha value is -2.82. The van der Waals surface area contributed by atoms with E-state index in [1.54, 1.807) is 18.6 Å². The Morgan fingerprint density at radius 1 is 0.474 bits per heavy atom. The summed E-state index contributed by atoms with van der Waals surface area (Å²) in [7, 11) is 0. The van der Waals surface area contributed by atoms with Gasteiger partial charge in [0.15, 0.2) is 0 Å². The van der Waals surface area contributed by atoms with E-state index in [2.05, 4.69) is 80.9 Å². The van der Waals surface area contributed by atoms with Crippen molar-refractivity contribution in [2.24, 2.45) is 17.8 Å². The van der Waals surface area contributed by atoms with Crippen molar-refractivity contribution in [3.05, 3.63) is 66.9 Å². The van der Waals surface area contributed by atoms with Crippen molar-refractivity contribution < 1.29 is 28.6 Å². The van der Waals surface area contributed by atoms with Crippen LogP contribution in [0.5, 0.6) is 0 Å². The van der Waals surface area contributed by atoms with E-state index in [0.717, 1.165) is 89.2 Å². The van der Waals surface area contributed by atoms with Gasteiger partial charge in [0.25, 0.3) is 0 Å². The quantitative estimate of drug-likeness (QED) is 0.256. The fraction of sp³-hybridized carbons (Fsp3) is 0.571. The third-order valence-electron chi connectivity index (χ3n) is 12.1. The zero-order valence-corrected chi connectivity index (χ0v) is 37.6. The minimum Gasteiger partial charge on any atom is -0.381 e. The summed E-state index contributed by atoms with van der Waals surface area (Å²) in [5.41, 5.74) is 3.56. The Morgan fingerprint density at radius 2 is 0.719 bits per heavy atom. The number of carbonyl (C=O) groups excluding carboxylic acids is 3. The molecule has 3 amide bonds. The molecule has 0 spiro atoms. The van der Waals surface area contributed by atoms with Crippen molar-refractivity contribution in [3.8, 4) is 0 Å². The molecule has 3 saturated heterocycles. The van der Waals surface area contributed by atoms with Crippen LogP contribution in [0.25, 0.3) is 0 Å². The number of rotatable bonds is 3. The lowest BCUT2D eigenvalue weighted by Gasteiger charge is -2.37. The van der Waals surface area contributed by atoms with Crippen molar-refractivity contribution in [1.82, 2.24) is 15.0 Å². The summed E-state index contributed by atoms with van der Waals surface area (Å²) in [6.07, 6.45) is 10.4. The van der Waals surface area contributed by atoms with Crippen LogP contribution in [0.3, 0.4) is 0 Å². The third kappa shape index (κ3) is 8.75. The highest BCUT2D eigenvalue weighted by Crippen LogP contribution is 2.46. The first-order chi connectivity index (χ1) is 27.7. The molecule has 3 aromatic rings. The second-order valence-electron chi connectivity index (χ2n) is 15.2. The van der Waals surface area contributed by atoms with Crippen molar-refractivity contribution in [3.63, 3.8) is 0 Å². The van der Waals surface area contributed by atoms with E-state index >= 15 is 0 Å². The molecule has 6 aliphatic heterocycles. The number of aromatic nitrogens is 3. The molecule has 0 bridgehead atoms. The van der Waals surface area contributed by atoms with Gasteiger partial charge in [0.2, 0.25) is 17.7 Å². The molecular weight excluding hydrogens is 924 g/mol. The van der Waals surface area contributed by atoms with E-state index < -0.39 is 0 Å². The van der Waals surface area contributed by atoms with Crippen molar-refractivity contribution in [1.29, 1.82) is 0 Å². The maximum atomic E-state index is 12.6. The monoisotopic (exact) mass is 972 g/mol. The van der Waals surface area contributed by atoms with E-state index in [1.165, 1.54) is 16.7 Å². The Balaban J connectivity index is 0.000000131. The number of pyridine rings is 3. The van der Waals surface area contributed by atoms with Crippen LogP contribution in [0.2, 0.25) is 0 Å². The lowest BCUT2D eigenvalue weighted by molar-refractivity contribution is -0.124. The highest BCUT2D eigenvalue weighted by atomic mass is 79.9. The second-order valence-corrected chi connectivity index (χ2v) is 17.9. The Kier molecular flexibility index (Phi) is 14.1. The zero-order valence-electron chi connectivity index (χ0n) is 32.8. The number of hydrogen-bond donors (Lipinski definition) is 0. The molecule has 4 unspecified atom stereocenters. The van der Waals surface area contributed by atoms with Gasteiger partial charge in [-0.1, -0.05) is 0 Å². The maximum Gasteiger partial charge on any atom is 0.231 e. The fourth-order valence-corrected chi connectivity index (χ4v) is 10.5. The summed E-state index contributed by atoms with van der Waals surface area (Å²) in [5.74, 6) is 4.01. The topological polar surface area (TPSA) is 127 Å². The second kappa shape index (κ2) is 19.1. The summed E-state index contributed by atoms with van der Waals surface area (Å²) >= 11 is 10.5. The van der Waals surface area contributed by atoms with E-state index in [1.807, 2.05) is 35.5 Å². The molecule has 9 heterocycles. The molecule has 0 aromatic carbocycles. The van der Waals surface area contributed by atoms with Crippen LogP contribution in [-0.4, -0.2) is 91.9 Å². The number of halogens is 3. The molecule has 3 aromatic heterocycles. The largest absolute Gasteiger partial charge is 0.381 e. The van der Waals surface area contributed by atoms with Gasteiger partial charge in [-0.15, -0.1) is 0 Å². The minimum absolute atomic E-state index is 0.0473. The van der Waals surface area contributed by atoms with Gasteiger partial charge < -0.3 is 14.2 Å². The predicted molar refractivity (Wildman–Crippen MR) is 229 cm³/mol. The zero-order chi connectivity index (χ0) is 40.2. The van der Waals surface area contributed by atoms with Gasteiger partial charge >= 0.3 is 0 Å². The highest BCUT2D eigenvalue weighted by Gasteiger charge is 2.43. The number of ether oxygens (including phenoxy) is 3. The van der Waals surface area contributed by atoms with Crippen LogP contribution < -0.4 is 14.7 Å². The Bertz CT molecular complexity index is 1740. The van der Waals surface area contributed by atoms with Crippen LogP contribution in [0.15, 0.2) is 50.2 Å². The Morgan fingerprint density at radius 3 is 0.965 bits per heavy atom. The molecule has 0 saturated carbocycles. The summed E-state index contributed by atoms with van der Waals surface area (Å²) in [6, 6.07) is 6.33. The number of anilines is 3. The maximum absolute atomic E-state index is 12.6. The van der Waals surface area contributed by atoms with Crippen LogP contribution in [-0.2, 0) is 28.6 Å². The van der Waals surface area contributed by atoms with E-state index in [0.29, 0.717) is 39.5 Å². The number of amides is 3. The molecule has 0 N–H and O–H groups in total. The van der Waals surface area contributed by atoms with Crippen molar-refractivity contribution >= 4 is 83.0 Å². The van der Waals surface area contributed by atoms with Crippen LogP contribution >= 0.6 is 47.8 Å². The first-order valence-electron chi connectivity index (χ1n) is 20.3. The van der Waals surface area contributed by atoms with E-state index in [9.17, 15) is 14.4 Å². The SMILES string of the molecule is CCN1C(=O)C2CCOCCC2c2cc(Br)cnc21.CCN1C(=O)C2CCOCCC2c2cc(Br)cnc21.CCN1C(=O)[C@H]2CCOCC[C@@H]2c2cc(Br)cnc21. The van der Waals surface area contributed by atoms with Crippen molar-refractivity contribution in [2.75, 3.05) is 74.0 Å². The summed E-state index contributed by atoms with van der Waals surface area (Å²) in [6.45, 7) is 12.2. The summed E-state index contributed by atoms with van der Waals surface area (Å²) < 4.78 is 19.6. The minimum atomic E-state index is 0.0473. The molecule has 6 atom stereocenters. The summed E-state index contributed by atoms with van der Waals surface area (Å²) in [5, 5.41) is 0. The van der Waals surface area contributed by atoms with E-state index in [4.69, 9.17) is 14.2 Å². The van der Waals surface area contributed by atoms with Gasteiger partial charge in [0.05, 0.1) is 0 Å². The molecule has 3 fully saturated rings. The third-order valence-corrected chi connectivity index (χ3v) is 13.4.